The maximum absolute atomic E-state index is 12.2. The molecule has 0 saturated carbocycles. The zero-order valence-electron chi connectivity index (χ0n) is 19.0. The number of hydrogen-bond donors (Lipinski definition) is 2. The Kier molecular flexibility index (Phi) is 8.82. The highest BCUT2D eigenvalue weighted by Crippen LogP contribution is 2.11. The lowest BCUT2D eigenvalue weighted by Gasteiger charge is -2.13. The first-order valence-corrected chi connectivity index (χ1v) is 13.0. The van der Waals surface area contributed by atoms with E-state index in [2.05, 4.69) is 0 Å². The first-order chi connectivity index (χ1) is 15.8. The molecule has 2 N–H and O–H groups in total. The van der Waals surface area contributed by atoms with E-state index in [-0.39, 0.29) is 9.79 Å². The molecule has 0 spiro atoms. The second-order valence-corrected chi connectivity index (χ2v) is 10.8. The van der Waals surface area contributed by atoms with Crippen molar-refractivity contribution in [1.82, 2.24) is 9.44 Å². The van der Waals surface area contributed by atoms with Gasteiger partial charge in [0.2, 0.25) is 0 Å². The number of carbonyl (C=O) groups excluding carboxylic acids is 2. The summed E-state index contributed by atoms with van der Waals surface area (Å²) in [5, 5.41) is 0. The normalized spacial score (nSPS) is 13.6. The fourth-order valence-corrected chi connectivity index (χ4v) is 4.31. The van der Waals surface area contributed by atoms with E-state index in [1.165, 1.54) is 50.3 Å². The summed E-state index contributed by atoms with van der Waals surface area (Å²) in [5.74, 6) is 0. The monoisotopic (exact) mass is 510 g/mol. The van der Waals surface area contributed by atoms with Gasteiger partial charge >= 0.3 is 12.2 Å². The van der Waals surface area contributed by atoms with Crippen LogP contribution in [0.3, 0.4) is 0 Å². The van der Waals surface area contributed by atoms with E-state index in [1.807, 2.05) is 0 Å². The molecule has 0 aliphatic heterocycles. The molecule has 0 bridgehead atoms. The molecule has 2 amide bonds. The van der Waals surface area contributed by atoms with E-state index in [9.17, 15) is 26.4 Å². The van der Waals surface area contributed by atoms with Gasteiger partial charge in [0.15, 0.2) is 0 Å². The molecule has 0 aromatic heterocycles. The highest BCUT2D eigenvalue weighted by Gasteiger charge is 2.21. The van der Waals surface area contributed by atoms with Crippen molar-refractivity contribution in [3.05, 3.63) is 71.8 Å². The second-order valence-electron chi connectivity index (χ2n) is 7.44. The van der Waals surface area contributed by atoms with Crippen LogP contribution in [0.1, 0.15) is 25.0 Å². The topological polar surface area (TPSA) is 145 Å². The van der Waals surface area contributed by atoms with Crippen LogP contribution in [0.25, 0.3) is 0 Å². The zero-order valence-corrected chi connectivity index (χ0v) is 20.6. The fraction of sp³-hybridized carbons (Fsp3) is 0.273. The lowest BCUT2D eigenvalue weighted by atomic mass is 10.2. The summed E-state index contributed by atoms with van der Waals surface area (Å²) < 4.78 is 62.4. The molecule has 34 heavy (non-hydrogen) atoms. The van der Waals surface area contributed by atoms with Crippen LogP contribution in [-0.4, -0.2) is 41.2 Å². The molecule has 0 saturated heterocycles. The van der Waals surface area contributed by atoms with Crippen molar-refractivity contribution in [3.8, 4) is 0 Å². The van der Waals surface area contributed by atoms with E-state index < -0.39 is 44.4 Å². The number of sulfonamides is 2. The molecule has 184 valence electrons. The minimum atomic E-state index is -4.09. The number of benzene rings is 2. The molecule has 2 aromatic rings. The predicted octanol–water partition coefficient (Wildman–Crippen LogP) is 3.17. The van der Waals surface area contributed by atoms with Crippen molar-refractivity contribution in [2.45, 2.75) is 49.7 Å². The first-order valence-electron chi connectivity index (χ1n) is 10.1. The van der Waals surface area contributed by atoms with Crippen molar-refractivity contribution < 1.29 is 35.9 Å². The molecule has 2 atom stereocenters. The van der Waals surface area contributed by atoms with Gasteiger partial charge in [0, 0.05) is 0 Å². The lowest BCUT2D eigenvalue weighted by Crippen LogP contribution is -2.33. The standard InChI is InChI=1S/C22H26N2O8S2/c1-15-5-11-19(12-6-15)33(27,28)23-21(25)31-17(3)9-10-18(4)32-22(26)24-34(29,30)20-13-7-16(2)8-14-20/h5-14,17-18H,1-4H3,(H,23,25)(H,24,26)/b10-9-/t17-,18-/m0/s1. The van der Waals surface area contributed by atoms with Gasteiger partial charge in [-0.05, 0) is 64.1 Å². The van der Waals surface area contributed by atoms with Crippen molar-refractivity contribution in [2.75, 3.05) is 0 Å². The summed E-state index contributed by atoms with van der Waals surface area (Å²) in [6, 6.07) is 11.8. The quantitative estimate of drug-likeness (QED) is 0.515. The Morgan fingerprint density at radius 1 is 0.676 bits per heavy atom. The van der Waals surface area contributed by atoms with Crippen LogP contribution >= 0.6 is 0 Å². The smallest absolute Gasteiger partial charge is 0.421 e. The summed E-state index contributed by atoms with van der Waals surface area (Å²) in [6.07, 6.45) is -1.42. The molecule has 0 aliphatic carbocycles. The van der Waals surface area contributed by atoms with Gasteiger partial charge in [-0.1, -0.05) is 35.4 Å². The van der Waals surface area contributed by atoms with Crippen molar-refractivity contribution >= 4 is 32.2 Å². The average molecular weight is 511 g/mol. The Hall–Kier alpha value is -3.38. The third-order valence-corrected chi connectivity index (χ3v) is 6.99. The van der Waals surface area contributed by atoms with Crippen molar-refractivity contribution in [3.63, 3.8) is 0 Å². The molecule has 12 heteroatoms. The van der Waals surface area contributed by atoms with E-state index in [0.717, 1.165) is 11.1 Å². The summed E-state index contributed by atoms with van der Waals surface area (Å²) in [5.41, 5.74) is 1.72. The lowest BCUT2D eigenvalue weighted by molar-refractivity contribution is 0.125. The molecule has 2 rings (SSSR count). The average Bonchev–Trinajstić information content (AvgIpc) is 2.72. The van der Waals surface area contributed by atoms with Crippen LogP contribution < -0.4 is 9.44 Å². The summed E-state index contributed by atoms with van der Waals surface area (Å²) >= 11 is 0. The number of hydrogen-bond acceptors (Lipinski definition) is 8. The molecule has 2 aromatic carbocycles. The predicted molar refractivity (Wildman–Crippen MR) is 124 cm³/mol. The molecular weight excluding hydrogens is 484 g/mol. The zero-order chi connectivity index (χ0) is 25.5. The van der Waals surface area contributed by atoms with Crippen LogP contribution in [0, 0.1) is 13.8 Å². The summed E-state index contributed by atoms with van der Waals surface area (Å²) in [6.45, 7) is 6.51. The Morgan fingerprint density at radius 2 is 0.971 bits per heavy atom. The second kappa shape index (κ2) is 11.2. The fourth-order valence-electron chi connectivity index (χ4n) is 2.55. The van der Waals surface area contributed by atoms with Gasteiger partial charge in [-0.3, -0.25) is 0 Å². The van der Waals surface area contributed by atoms with Crippen LogP contribution in [0.4, 0.5) is 9.59 Å². The minimum absolute atomic E-state index is 0.0909. The van der Waals surface area contributed by atoms with E-state index >= 15 is 0 Å². The minimum Gasteiger partial charge on any atom is -0.442 e. The SMILES string of the molecule is Cc1ccc(S(=O)(=O)NC(=O)O[C@@H](C)/C=C\[C@H](C)OC(=O)NS(=O)(=O)c2ccc(C)cc2)cc1. The Labute approximate surface area is 199 Å². The molecule has 0 radical (unpaired) electrons. The van der Waals surface area contributed by atoms with Gasteiger partial charge < -0.3 is 9.47 Å². The van der Waals surface area contributed by atoms with Crippen LogP contribution in [0.2, 0.25) is 0 Å². The maximum atomic E-state index is 12.2. The molecule has 0 aliphatic rings. The number of ether oxygens (including phenoxy) is 2. The third kappa shape index (κ3) is 8.19. The van der Waals surface area contributed by atoms with Gasteiger partial charge in [-0.15, -0.1) is 0 Å². The largest absolute Gasteiger partial charge is 0.442 e. The number of nitrogens with one attached hydrogen (secondary N) is 2. The van der Waals surface area contributed by atoms with Gasteiger partial charge in [0.25, 0.3) is 20.0 Å². The Balaban J connectivity index is 1.86. The molecular formula is C22H26N2O8S2. The highest BCUT2D eigenvalue weighted by atomic mass is 32.2. The highest BCUT2D eigenvalue weighted by molar-refractivity contribution is 7.90. The molecule has 10 nitrogen and oxygen atoms in total. The number of carbonyl (C=O) groups is 2. The van der Waals surface area contributed by atoms with E-state index in [1.54, 1.807) is 47.6 Å². The molecule has 0 unspecified atom stereocenters. The van der Waals surface area contributed by atoms with Gasteiger partial charge in [-0.2, -0.15) is 0 Å². The van der Waals surface area contributed by atoms with Gasteiger partial charge in [0.1, 0.15) is 12.2 Å². The number of rotatable bonds is 8. The number of aryl methyl sites for hydroxylation is 2. The molecule has 0 fully saturated rings. The maximum Gasteiger partial charge on any atom is 0.421 e. The Morgan fingerprint density at radius 3 is 1.26 bits per heavy atom. The van der Waals surface area contributed by atoms with Gasteiger partial charge in [-0.25, -0.2) is 35.9 Å². The van der Waals surface area contributed by atoms with E-state index in [4.69, 9.17) is 9.47 Å². The van der Waals surface area contributed by atoms with E-state index in [0.29, 0.717) is 0 Å². The third-order valence-electron chi connectivity index (χ3n) is 4.34. The Bertz CT molecular complexity index is 1150. The summed E-state index contributed by atoms with van der Waals surface area (Å²) in [4.78, 5) is 23.7. The van der Waals surface area contributed by atoms with Gasteiger partial charge in [0.05, 0.1) is 9.79 Å². The van der Waals surface area contributed by atoms with Crippen LogP contribution in [0.5, 0.6) is 0 Å². The molecule has 0 heterocycles. The number of amides is 2. The van der Waals surface area contributed by atoms with Crippen LogP contribution in [0.15, 0.2) is 70.5 Å². The summed E-state index contributed by atoms with van der Waals surface area (Å²) in [7, 11) is -8.19. The van der Waals surface area contributed by atoms with Crippen molar-refractivity contribution in [1.29, 1.82) is 0 Å². The first kappa shape index (κ1) is 26.9. The van der Waals surface area contributed by atoms with Crippen molar-refractivity contribution in [2.24, 2.45) is 0 Å². The van der Waals surface area contributed by atoms with Crippen LogP contribution in [-0.2, 0) is 29.5 Å².